The summed E-state index contributed by atoms with van der Waals surface area (Å²) in [6.45, 7) is 3.62. The second-order valence-electron chi connectivity index (χ2n) is 4.41. The molecule has 0 aliphatic carbocycles. The molecule has 0 saturated carbocycles. The van der Waals surface area contributed by atoms with Gasteiger partial charge in [-0.3, -0.25) is 4.79 Å². The summed E-state index contributed by atoms with van der Waals surface area (Å²) in [5, 5.41) is 8.82. The number of aliphatic carboxylic acids is 1. The number of carbonyl (C=O) groups is 1. The molecule has 0 saturated heterocycles. The van der Waals surface area contributed by atoms with E-state index in [1.54, 1.807) is 0 Å². The first-order valence-electron chi connectivity index (χ1n) is 5.86. The van der Waals surface area contributed by atoms with Gasteiger partial charge in [0.1, 0.15) is 11.9 Å². The zero-order chi connectivity index (χ0) is 14.6. The molecule has 0 aliphatic rings. The fraction of sp³-hybridized carbons (Fsp3) is 0.462. The minimum Gasteiger partial charge on any atom is -0.493 e. The average Bonchev–Trinajstić information content (AvgIpc) is 2.31. The number of hydrogen-bond donors (Lipinski definition) is 2. The third-order valence-electron chi connectivity index (χ3n) is 2.43. The van der Waals surface area contributed by atoms with Crippen molar-refractivity contribution in [2.75, 3.05) is 7.11 Å². The molecule has 0 amide bonds. The third-order valence-corrected chi connectivity index (χ3v) is 2.43. The number of methoxy groups -OCH3 is 1. The lowest BCUT2D eigenvalue weighted by atomic mass is 10.0. The van der Waals surface area contributed by atoms with Gasteiger partial charge in [0, 0.05) is 18.1 Å². The van der Waals surface area contributed by atoms with Crippen LogP contribution in [0, 0.1) is 5.82 Å². The molecule has 6 heteroatoms. The Balaban J connectivity index is 3.18. The number of ether oxygens (including phenoxy) is 2. The Morgan fingerprint density at radius 2 is 2.11 bits per heavy atom. The third kappa shape index (κ3) is 4.10. The highest BCUT2D eigenvalue weighted by Crippen LogP contribution is 2.34. The normalized spacial score (nSPS) is 12.3. The largest absolute Gasteiger partial charge is 0.493 e. The highest BCUT2D eigenvalue weighted by atomic mass is 19.1. The monoisotopic (exact) mass is 271 g/mol. The fourth-order valence-corrected chi connectivity index (χ4v) is 1.62. The van der Waals surface area contributed by atoms with Crippen molar-refractivity contribution in [1.29, 1.82) is 0 Å². The maximum Gasteiger partial charge on any atom is 0.320 e. The van der Waals surface area contributed by atoms with Crippen LogP contribution in [0.4, 0.5) is 4.39 Å². The van der Waals surface area contributed by atoms with E-state index in [0.29, 0.717) is 11.3 Å². The summed E-state index contributed by atoms with van der Waals surface area (Å²) in [5.74, 6) is -1.13. The van der Waals surface area contributed by atoms with Crippen molar-refractivity contribution >= 4 is 5.97 Å². The summed E-state index contributed by atoms with van der Waals surface area (Å²) in [4.78, 5) is 10.8. The van der Waals surface area contributed by atoms with E-state index in [4.69, 9.17) is 20.3 Å². The van der Waals surface area contributed by atoms with Gasteiger partial charge in [-0.05, 0) is 19.9 Å². The van der Waals surface area contributed by atoms with Crippen LogP contribution in [0.3, 0.4) is 0 Å². The van der Waals surface area contributed by atoms with Gasteiger partial charge in [0.2, 0.25) is 0 Å². The number of nitrogens with two attached hydrogens (primary N) is 1. The number of carboxylic acids is 1. The summed E-state index contributed by atoms with van der Waals surface area (Å²) in [6, 6.07) is 1.28. The molecule has 19 heavy (non-hydrogen) atoms. The van der Waals surface area contributed by atoms with Gasteiger partial charge < -0.3 is 20.3 Å². The summed E-state index contributed by atoms with van der Waals surface area (Å²) in [6.07, 6.45) is -0.190. The Kier molecular flexibility index (Phi) is 5.11. The van der Waals surface area contributed by atoms with E-state index >= 15 is 0 Å². The molecule has 0 radical (unpaired) electrons. The van der Waals surface area contributed by atoms with Gasteiger partial charge in [-0.2, -0.15) is 0 Å². The molecule has 1 atom stereocenters. The average molecular weight is 271 g/mol. The highest BCUT2D eigenvalue weighted by molar-refractivity contribution is 5.73. The SMILES string of the molecule is COc1cc(F)cc(CC(N)C(=O)O)c1OC(C)C. The van der Waals surface area contributed by atoms with E-state index in [2.05, 4.69) is 0 Å². The number of carboxylic acid groups (broad SMARTS) is 1. The molecular formula is C13H18FNO4. The number of rotatable bonds is 6. The quantitative estimate of drug-likeness (QED) is 0.820. The second kappa shape index (κ2) is 6.38. The number of halogens is 1. The molecule has 1 unspecified atom stereocenters. The van der Waals surface area contributed by atoms with Crippen LogP contribution in [0.1, 0.15) is 19.4 Å². The van der Waals surface area contributed by atoms with Crippen LogP contribution in [0.25, 0.3) is 0 Å². The predicted octanol–water partition coefficient (Wildman–Crippen LogP) is 1.58. The van der Waals surface area contributed by atoms with Gasteiger partial charge in [-0.25, -0.2) is 4.39 Å². The fourth-order valence-electron chi connectivity index (χ4n) is 1.62. The van der Waals surface area contributed by atoms with Crippen LogP contribution in [0.5, 0.6) is 11.5 Å². The Morgan fingerprint density at radius 3 is 2.58 bits per heavy atom. The van der Waals surface area contributed by atoms with Gasteiger partial charge in [0.05, 0.1) is 13.2 Å². The first-order valence-corrected chi connectivity index (χ1v) is 5.86. The molecule has 0 heterocycles. The molecule has 1 aromatic rings. The van der Waals surface area contributed by atoms with Gasteiger partial charge in [-0.15, -0.1) is 0 Å². The van der Waals surface area contributed by atoms with Crippen molar-refractivity contribution in [2.24, 2.45) is 5.73 Å². The summed E-state index contributed by atoms with van der Waals surface area (Å²) in [5.41, 5.74) is 5.85. The van der Waals surface area contributed by atoms with Crippen molar-refractivity contribution < 1.29 is 23.8 Å². The van der Waals surface area contributed by atoms with E-state index in [9.17, 15) is 9.18 Å². The van der Waals surface area contributed by atoms with Gasteiger partial charge in [0.25, 0.3) is 0 Å². The van der Waals surface area contributed by atoms with E-state index in [1.807, 2.05) is 13.8 Å². The maximum absolute atomic E-state index is 13.5. The molecule has 0 aliphatic heterocycles. The highest BCUT2D eigenvalue weighted by Gasteiger charge is 2.20. The molecule has 106 valence electrons. The van der Waals surface area contributed by atoms with Crippen LogP contribution in [-0.4, -0.2) is 30.3 Å². The summed E-state index contributed by atoms with van der Waals surface area (Å²) < 4.78 is 24.1. The Bertz CT molecular complexity index is 462. The van der Waals surface area contributed by atoms with Gasteiger partial charge in [0.15, 0.2) is 11.5 Å². The van der Waals surface area contributed by atoms with E-state index in [1.165, 1.54) is 19.2 Å². The van der Waals surface area contributed by atoms with Crippen LogP contribution in [-0.2, 0) is 11.2 Å². The maximum atomic E-state index is 13.5. The second-order valence-corrected chi connectivity index (χ2v) is 4.41. The van der Waals surface area contributed by atoms with Gasteiger partial charge >= 0.3 is 5.97 Å². The molecule has 0 spiro atoms. The molecule has 0 bridgehead atoms. The van der Waals surface area contributed by atoms with Crippen molar-refractivity contribution in [2.45, 2.75) is 32.4 Å². The predicted molar refractivity (Wildman–Crippen MR) is 68.0 cm³/mol. The Labute approximate surface area is 111 Å². The molecule has 5 nitrogen and oxygen atoms in total. The smallest absolute Gasteiger partial charge is 0.320 e. The van der Waals surface area contributed by atoms with Crippen molar-refractivity contribution in [3.05, 3.63) is 23.5 Å². The lowest BCUT2D eigenvalue weighted by Gasteiger charge is -2.18. The standard InChI is InChI=1S/C13H18FNO4/c1-7(2)19-12-8(5-10(15)13(16)17)4-9(14)6-11(12)18-3/h4,6-7,10H,5,15H2,1-3H3,(H,16,17). The molecule has 0 fully saturated rings. The Morgan fingerprint density at radius 1 is 1.47 bits per heavy atom. The Hall–Kier alpha value is -1.82. The number of benzene rings is 1. The topological polar surface area (TPSA) is 81.8 Å². The molecule has 0 aromatic heterocycles. The molecule has 1 aromatic carbocycles. The first-order chi connectivity index (χ1) is 8.85. The van der Waals surface area contributed by atoms with E-state index in [0.717, 1.165) is 0 Å². The van der Waals surface area contributed by atoms with Crippen molar-refractivity contribution in [3.8, 4) is 11.5 Å². The zero-order valence-corrected chi connectivity index (χ0v) is 11.1. The first kappa shape index (κ1) is 15.2. The summed E-state index contributed by atoms with van der Waals surface area (Å²) in [7, 11) is 1.39. The minimum atomic E-state index is -1.15. The molecule has 1 rings (SSSR count). The van der Waals surface area contributed by atoms with Crippen molar-refractivity contribution in [1.82, 2.24) is 0 Å². The van der Waals surface area contributed by atoms with E-state index < -0.39 is 17.8 Å². The van der Waals surface area contributed by atoms with Crippen LogP contribution in [0.15, 0.2) is 12.1 Å². The lowest BCUT2D eigenvalue weighted by molar-refractivity contribution is -0.138. The van der Waals surface area contributed by atoms with Crippen molar-refractivity contribution in [3.63, 3.8) is 0 Å². The minimum absolute atomic E-state index is 0.0362. The van der Waals surface area contributed by atoms with Crippen LogP contribution >= 0.6 is 0 Å². The van der Waals surface area contributed by atoms with E-state index in [-0.39, 0.29) is 18.3 Å². The zero-order valence-electron chi connectivity index (χ0n) is 11.1. The molecular weight excluding hydrogens is 253 g/mol. The lowest BCUT2D eigenvalue weighted by Crippen LogP contribution is -2.32. The summed E-state index contributed by atoms with van der Waals surface area (Å²) >= 11 is 0. The van der Waals surface area contributed by atoms with Gasteiger partial charge in [-0.1, -0.05) is 0 Å². The number of hydrogen-bond acceptors (Lipinski definition) is 4. The van der Waals surface area contributed by atoms with Crippen LogP contribution < -0.4 is 15.2 Å². The molecule has 3 N–H and O–H groups in total. The van der Waals surface area contributed by atoms with Crippen LogP contribution in [0.2, 0.25) is 0 Å².